The lowest BCUT2D eigenvalue weighted by atomic mass is 9.40. The minimum absolute atomic E-state index is 0.172. The molecule has 1 N–H and O–H groups in total. The highest BCUT2D eigenvalue weighted by Gasteiger charge is 2.87. The van der Waals surface area contributed by atoms with Crippen molar-refractivity contribution in [2.24, 2.45) is 39.9 Å². The van der Waals surface area contributed by atoms with E-state index in [1.54, 1.807) is 0 Å². The van der Waals surface area contributed by atoms with Gasteiger partial charge >= 0.3 is 0 Å². The smallest absolute Gasteiger partial charge is 0.0813 e. The zero-order valence-electron chi connectivity index (χ0n) is 13.6. The van der Waals surface area contributed by atoms with Gasteiger partial charge in [-0.2, -0.15) is 0 Å². The minimum Gasteiger partial charge on any atom is -0.388 e. The fraction of sp³-hybridized carbons (Fsp3) is 0.900. The van der Waals surface area contributed by atoms with Crippen LogP contribution in [0.1, 0.15) is 45.4 Å². The van der Waals surface area contributed by atoms with Gasteiger partial charge in [0.15, 0.2) is 0 Å². The molecule has 0 amide bonds. The Hall–Kier alpha value is -0.340. The Morgan fingerprint density at radius 2 is 2.09 bits per heavy atom. The van der Waals surface area contributed by atoms with Crippen LogP contribution < -0.4 is 0 Å². The van der Waals surface area contributed by atoms with E-state index in [4.69, 9.17) is 0 Å². The topological polar surface area (TPSA) is 23.5 Å². The van der Waals surface area contributed by atoms with Gasteiger partial charge in [0.2, 0.25) is 0 Å². The quantitative estimate of drug-likeness (QED) is 0.695. The number of piperidine rings is 2. The van der Waals surface area contributed by atoms with Crippen molar-refractivity contribution < 1.29 is 5.11 Å². The van der Waals surface area contributed by atoms with Crippen LogP contribution in [0, 0.1) is 39.9 Å². The molecule has 6 aliphatic carbocycles. The zero-order chi connectivity index (χ0) is 14.6. The maximum Gasteiger partial charge on any atom is 0.0813 e. The molecule has 9 bridgehead atoms. The zero-order valence-corrected chi connectivity index (χ0v) is 13.6. The van der Waals surface area contributed by atoms with Gasteiger partial charge in [0, 0.05) is 24.0 Å². The average Bonchev–Trinajstić information content (AvgIpc) is 2.90. The first kappa shape index (κ1) is 12.1. The molecule has 2 nitrogen and oxygen atoms in total. The Balaban J connectivity index is 1.53. The van der Waals surface area contributed by atoms with E-state index in [2.05, 4.69) is 18.4 Å². The molecule has 0 aromatic heterocycles. The fourth-order valence-corrected chi connectivity index (χ4v) is 10.4. The summed E-state index contributed by atoms with van der Waals surface area (Å²) in [5.41, 5.74) is 2.65. The molecule has 6 unspecified atom stereocenters. The van der Waals surface area contributed by atoms with Crippen molar-refractivity contribution in [3.05, 3.63) is 12.2 Å². The second kappa shape index (κ2) is 2.99. The first-order chi connectivity index (χ1) is 10.5. The van der Waals surface area contributed by atoms with Crippen molar-refractivity contribution >= 4 is 0 Å². The number of aliphatic hydroxyl groups excluding tert-OH is 1. The molecule has 3 heterocycles. The van der Waals surface area contributed by atoms with Gasteiger partial charge in [-0.3, -0.25) is 4.90 Å². The van der Waals surface area contributed by atoms with Crippen LogP contribution in [0.15, 0.2) is 12.2 Å². The van der Waals surface area contributed by atoms with E-state index in [0.29, 0.717) is 16.7 Å². The summed E-state index contributed by atoms with van der Waals surface area (Å²) < 4.78 is 0. The van der Waals surface area contributed by atoms with Crippen LogP contribution >= 0.6 is 0 Å². The largest absolute Gasteiger partial charge is 0.388 e. The summed E-state index contributed by atoms with van der Waals surface area (Å²) >= 11 is 0. The van der Waals surface area contributed by atoms with Gasteiger partial charge in [-0.25, -0.2) is 0 Å². The third-order valence-electron chi connectivity index (χ3n) is 10.3. The molecular formula is C20H27NO. The minimum atomic E-state index is -0.172. The maximum atomic E-state index is 11.2. The monoisotopic (exact) mass is 297 g/mol. The molecule has 22 heavy (non-hydrogen) atoms. The van der Waals surface area contributed by atoms with Crippen molar-refractivity contribution in [2.45, 2.75) is 63.6 Å². The van der Waals surface area contributed by atoms with Crippen LogP contribution in [0.3, 0.4) is 0 Å². The number of fused-ring (bicyclic) bond motifs is 1. The van der Waals surface area contributed by atoms with E-state index >= 15 is 0 Å². The lowest BCUT2D eigenvalue weighted by molar-refractivity contribution is -0.166. The van der Waals surface area contributed by atoms with E-state index in [0.717, 1.165) is 29.8 Å². The molecule has 11 atom stereocenters. The summed E-state index contributed by atoms with van der Waals surface area (Å²) in [6.45, 7) is 8.32. The summed E-state index contributed by atoms with van der Waals surface area (Å²) in [6.07, 6.45) is 8.23. The molecule has 2 heteroatoms. The molecule has 0 aromatic carbocycles. The first-order valence-electron chi connectivity index (χ1n) is 9.66. The highest BCUT2D eigenvalue weighted by Crippen LogP contribution is 2.86. The Kier molecular flexibility index (Phi) is 1.64. The molecule has 3 saturated heterocycles. The molecule has 2 spiro atoms. The molecular weight excluding hydrogens is 270 g/mol. The number of rotatable bonds is 0. The van der Waals surface area contributed by atoms with Crippen molar-refractivity contribution in [1.82, 2.24) is 4.90 Å². The Morgan fingerprint density at radius 3 is 2.95 bits per heavy atom. The highest BCUT2D eigenvalue weighted by atomic mass is 16.3. The SMILES string of the molecule is C=C1C2CC3C45CCCC6(C)CN7[C@H](C[C@@]3(C1O)[C@H](C2)[C@@H]74)[C@H]65. The van der Waals surface area contributed by atoms with Crippen LogP contribution in [0.2, 0.25) is 0 Å². The Labute approximate surface area is 132 Å². The summed E-state index contributed by atoms with van der Waals surface area (Å²) in [6, 6.07) is 1.64. The van der Waals surface area contributed by atoms with Crippen molar-refractivity contribution in [3.8, 4) is 0 Å². The Morgan fingerprint density at radius 1 is 1.23 bits per heavy atom. The van der Waals surface area contributed by atoms with Gasteiger partial charge in [0.25, 0.3) is 0 Å². The number of aliphatic hydroxyl groups is 1. The molecule has 9 fully saturated rings. The first-order valence-corrected chi connectivity index (χ1v) is 9.66. The maximum absolute atomic E-state index is 11.2. The second-order valence-electron chi connectivity index (χ2n) is 10.4. The highest BCUT2D eigenvalue weighted by molar-refractivity contribution is 5.42. The van der Waals surface area contributed by atoms with E-state index in [1.807, 2.05) is 0 Å². The fourth-order valence-electron chi connectivity index (χ4n) is 10.4. The number of hydrogen-bond donors (Lipinski definition) is 1. The van der Waals surface area contributed by atoms with Gasteiger partial charge in [-0.15, -0.1) is 0 Å². The molecule has 3 aliphatic heterocycles. The van der Waals surface area contributed by atoms with Gasteiger partial charge in [0.05, 0.1) is 6.10 Å². The van der Waals surface area contributed by atoms with Gasteiger partial charge in [0.1, 0.15) is 0 Å². The molecule has 0 radical (unpaired) electrons. The summed E-state index contributed by atoms with van der Waals surface area (Å²) in [5, 5.41) is 11.2. The van der Waals surface area contributed by atoms with E-state index < -0.39 is 0 Å². The number of hydrogen-bond acceptors (Lipinski definition) is 2. The predicted octanol–water partition coefficient (Wildman–Crippen LogP) is 2.82. The second-order valence-corrected chi connectivity index (χ2v) is 10.4. The van der Waals surface area contributed by atoms with Crippen molar-refractivity contribution in [3.63, 3.8) is 0 Å². The lowest BCUT2D eigenvalue weighted by Gasteiger charge is -2.64. The predicted molar refractivity (Wildman–Crippen MR) is 84.1 cm³/mol. The summed E-state index contributed by atoms with van der Waals surface area (Å²) in [7, 11) is 0. The van der Waals surface area contributed by atoms with Crippen molar-refractivity contribution in [2.75, 3.05) is 6.54 Å². The van der Waals surface area contributed by atoms with Crippen molar-refractivity contribution in [1.29, 1.82) is 0 Å². The average molecular weight is 297 g/mol. The number of nitrogens with zero attached hydrogens (tertiary/aromatic N) is 1. The summed E-state index contributed by atoms with van der Waals surface area (Å²) in [5.74, 6) is 3.21. The molecule has 9 aliphatic rings. The van der Waals surface area contributed by atoms with E-state index in [9.17, 15) is 5.11 Å². The molecule has 118 valence electrons. The van der Waals surface area contributed by atoms with Crippen LogP contribution in [0.4, 0.5) is 0 Å². The molecule has 9 rings (SSSR count). The van der Waals surface area contributed by atoms with Crippen LogP contribution in [0.25, 0.3) is 0 Å². The lowest BCUT2D eigenvalue weighted by Crippen LogP contribution is -2.63. The third kappa shape index (κ3) is 0.815. The third-order valence-corrected chi connectivity index (χ3v) is 10.3. The molecule has 6 saturated carbocycles. The normalized spacial score (nSPS) is 75.1. The standard InChI is InChI=1S/C20H27NO/c1-10-11-6-12-16-19-5-3-4-18(2)9-21(16)13(15(18)19)8-20(12,17(10)22)14(19)7-11/h11-17,22H,1,3-9H2,2H3/t11?,12-,13-,14?,15-,16-,17?,18?,19?,20-/m1/s1. The van der Waals surface area contributed by atoms with Gasteiger partial charge in [-0.1, -0.05) is 19.9 Å². The van der Waals surface area contributed by atoms with Crippen LogP contribution in [-0.2, 0) is 0 Å². The van der Waals surface area contributed by atoms with E-state index in [1.165, 1.54) is 50.6 Å². The Bertz CT molecular complexity index is 644. The molecule has 0 aromatic rings. The summed E-state index contributed by atoms with van der Waals surface area (Å²) in [4.78, 5) is 2.98. The van der Waals surface area contributed by atoms with Crippen LogP contribution in [0.5, 0.6) is 0 Å². The van der Waals surface area contributed by atoms with Gasteiger partial charge in [-0.05, 0) is 72.2 Å². The van der Waals surface area contributed by atoms with Crippen LogP contribution in [-0.4, -0.2) is 34.7 Å². The van der Waals surface area contributed by atoms with Gasteiger partial charge < -0.3 is 5.11 Å². The van der Waals surface area contributed by atoms with E-state index in [-0.39, 0.29) is 11.5 Å².